The highest BCUT2D eigenvalue weighted by molar-refractivity contribution is 5.96. The molecule has 2 aromatic rings. The van der Waals surface area contributed by atoms with Crippen molar-refractivity contribution in [2.45, 2.75) is 52.0 Å². The Hall–Kier alpha value is -2.82. The lowest BCUT2D eigenvalue weighted by Gasteiger charge is -2.22. The van der Waals surface area contributed by atoms with Crippen molar-refractivity contribution in [2.75, 3.05) is 17.2 Å². The van der Waals surface area contributed by atoms with E-state index in [0.29, 0.717) is 5.56 Å². The molecule has 5 nitrogen and oxygen atoms in total. The minimum atomic E-state index is -0.116. The SMILES string of the molecule is Cc1cccc(C)c1NC(=O)CNc1cccc(C(=O)NC2CCCCC2)c1. The van der Waals surface area contributed by atoms with Crippen molar-refractivity contribution in [3.63, 3.8) is 0 Å². The highest BCUT2D eigenvalue weighted by Gasteiger charge is 2.17. The Balaban J connectivity index is 1.55. The molecule has 1 saturated carbocycles. The lowest BCUT2D eigenvalue weighted by Crippen LogP contribution is -2.36. The molecule has 0 radical (unpaired) electrons. The molecule has 2 amide bonds. The van der Waals surface area contributed by atoms with Crippen molar-refractivity contribution in [3.8, 4) is 0 Å². The third-order valence-electron chi connectivity index (χ3n) is 5.26. The third-order valence-corrected chi connectivity index (χ3v) is 5.26. The van der Waals surface area contributed by atoms with E-state index in [-0.39, 0.29) is 24.4 Å². The van der Waals surface area contributed by atoms with Crippen LogP contribution in [0.15, 0.2) is 42.5 Å². The average molecular weight is 380 g/mol. The molecule has 1 fully saturated rings. The smallest absolute Gasteiger partial charge is 0.251 e. The van der Waals surface area contributed by atoms with Gasteiger partial charge >= 0.3 is 0 Å². The number of rotatable bonds is 6. The van der Waals surface area contributed by atoms with E-state index in [1.807, 2.05) is 44.2 Å². The lowest BCUT2D eigenvalue weighted by molar-refractivity contribution is -0.114. The number of carbonyl (C=O) groups excluding carboxylic acids is 2. The van der Waals surface area contributed by atoms with Gasteiger partial charge in [0.2, 0.25) is 5.91 Å². The molecule has 0 aromatic heterocycles. The molecular formula is C23H29N3O2. The molecule has 0 atom stereocenters. The summed E-state index contributed by atoms with van der Waals surface area (Å²) in [5.41, 5.74) is 4.30. The van der Waals surface area contributed by atoms with Crippen LogP contribution in [0.4, 0.5) is 11.4 Å². The van der Waals surface area contributed by atoms with Crippen molar-refractivity contribution in [1.82, 2.24) is 5.32 Å². The molecule has 28 heavy (non-hydrogen) atoms. The van der Waals surface area contributed by atoms with Crippen molar-refractivity contribution in [2.24, 2.45) is 0 Å². The molecule has 5 heteroatoms. The van der Waals surface area contributed by atoms with Crippen LogP contribution in [-0.4, -0.2) is 24.4 Å². The second-order valence-corrected chi connectivity index (χ2v) is 7.56. The zero-order valence-electron chi connectivity index (χ0n) is 16.7. The molecule has 3 rings (SSSR count). The highest BCUT2D eigenvalue weighted by Crippen LogP contribution is 2.20. The van der Waals surface area contributed by atoms with Gasteiger partial charge in [-0.25, -0.2) is 0 Å². The van der Waals surface area contributed by atoms with Crippen LogP contribution in [0, 0.1) is 13.8 Å². The number of hydrogen-bond acceptors (Lipinski definition) is 3. The topological polar surface area (TPSA) is 70.2 Å². The van der Waals surface area contributed by atoms with E-state index in [0.717, 1.165) is 35.3 Å². The molecule has 0 unspecified atom stereocenters. The molecule has 0 spiro atoms. The van der Waals surface area contributed by atoms with Gasteiger partial charge in [0.25, 0.3) is 5.91 Å². The van der Waals surface area contributed by atoms with Crippen LogP contribution >= 0.6 is 0 Å². The number of benzene rings is 2. The van der Waals surface area contributed by atoms with Crippen LogP contribution in [0.25, 0.3) is 0 Å². The predicted octanol–water partition coefficient (Wildman–Crippen LogP) is 4.42. The Bertz CT molecular complexity index is 821. The zero-order valence-corrected chi connectivity index (χ0v) is 16.7. The summed E-state index contributed by atoms with van der Waals surface area (Å²) in [7, 11) is 0. The number of hydrogen-bond donors (Lipinski definition) is 3. The average Bonchev–Trinajstić information content (AvgIpc) is 2.70. The second kappa shape index (κ2) is 9.40. The van der Waals surface area contributed by atoms with Gasteiger partial charge < -0.3 is 16.0 Å². The molecule has 0 heterocycles. The van der Waals surface area contributed by atoms with Gasteiger partial charge in [0, 0.05) is 23.0 Å². The maximum Gasteiger partial charge on any atom is 0.251 e. The van der Waals surface area contributed by atoms with E-state index < -0.39 is 0 Å². The van der Waals surface area contributed by atoms with Crippen molar-refractivity contribution in [3.05, 3.63) is 59.2 Å². The van der Waals surface area contributed by atoms with Crippen molar-refractivity contribution < 1.29 is 9.59 Å². The summed E-state index contributed by atoms with van der Waals surface area (Å²) in [6.07, 6.45) is 5.74. The summed E-state index contributed by atoms with van der Waals surface area (Å²) in [6.45, 7) is 4.09. The number of carbonyl (C=O) groups is 2. The van der Waals surface area contributed by atoms with Crippen LogP contribution in [0.1, 0.15) is 53.6 Å². The van der Waals surface area contributed by atoms with Gasteiger partial charge in [-0.15, -0.1) is 0 Å². The van der Waals surface area contributed by atoms with E-state index in [1.54, 1.807) is 12.1 Å². The minimum absolute atomic E-state index is 0.0458. The summed E-state index contributed by atoms with van der Waals surface area (Å²) >= 11 is 0. The Morgan fingerprint density at radius 1 is 0.964 bits per heavy atom. The molecule has 3 N–H and O–H groups in total. The normalized spacial score (nSPS) is 14.4. The van der Waals surface area contributed by atoms with E-state index >= 15 is 0 Å². The van der Waals surface area contributed by atoms with Crippen LogP contribution in [0.3, 0.4) is 0 Å². The van der Waals surface area contributed by atoms with Gasteiger partial charge in [-0.3, -0.25) is 9.59 Å². The molecule has 1 aliphatic rings. The molecular weight excluding hydrogens is 350 g/mol. The fourth-order valence-corrected chi connectivity index (χ4v) is 3.66. The number of amides is 2. The first kappa shape index (κ1) is 19.9. The largest absolute Gasteiger partial charge is 0.376 e. The third kappa shape index (κ3) is 5.35. The monoisotopic (exact) mass is 379 g/mol. The van der Waals surface area contributed by atoms with Gasteiger partial charge in [-0.05, 0) is 56.0 Å². The summed E-state index contributed by atoms with van der Waals surface area (Å²) < 4.78 is 0. The lowest BCUT2D eigenvalue weighted by atomic mass is 9.95. The Morgan fingerprint density at radius 3 is 2.36 bits per heavy atom. The number of para-hydroxylation sites is 1. The summed E-state index contributed by atoms with van der Waals surface area (Å²) in [6, 6.07) is 13.5. The van der Waals surface area contributed by atoms with E-state index in [1.165, 1.54) is 19.3 Å². The molecule has 1 aliphatic carbocycles. The molecule has 0 bridgehead atoms. The van der Waals surface area contributed by atoms with Crippen LogP contribution in [-0.2, 0) is 4.79 Å². The summed E-state index contributed by atoms with van der Waals surface area (Å²) in [5.74, 6) is -0.162. The quantitative estimate of drug-likeness (QED) is 0.696. The first-order valence-corrected chi connectivity index (χ1v) is 10.0. The maximum atomic E-state index is 12.5. The fourth-order valence-electron chi connectivity index (χ4n) is 3.66. The zero-order chi connectivity index (χ0) is 19.9. The number of nitrogens with one attached hydrogen (secondary N) is 3. The highest BCUT2D eigenvalue weighted by atomic mass is 16.2. The molecule has 0 aliphatic heterocycles. The maximum absolute atomic E-state index is 12.5. The Kier molecular flexibility index (Phi) is 6.69. The van der Waals surface area contributed by atoms with Crippen LogP contribution in [0.2, 0.25) is 0 Å². The van der Waals surface area contributed by atoms with E-state index in [4.69, 9.17) is 0 Å². The van der Waals surface area contributed by atoms with Gasteiger partial charge in [0.15, 0.2) is 0 Å². The standard InChI is InChI=1S/C23H29N3O2/c1-16-8-6-9-17(2)22(16)26-21(27)15-24-20-13-7-10-18(14-20)23(28)25-19-11-4-3-5-12-19/h6-10,13-14,19,24H,3-5,11-12,15H2,1-2H3,(H,25,28)(H,26,27). The van der Waals surface area contributed by atoms with Gasteiger partial charge in [0.1, 0.15) is 0 Å². The molecule has 148 valence electrons. The fraction of sp³-hybridized carbons (Fsp3) is 0.391. The second-order valence-electron chi connectivity index (χ2n) is 7.56. The number of aryl methyl sites for hydroxylation is 2. The van der Waals surface area contributed by atoms with E-state index in [2.05, 4.69) is 16.0 Å². The van der Waals surface area contributed by atoms with Gasteiger partial charge in [-0.1, -0.05) is 43.5 Å². The molecule has 2 aromatic carbocycles. The van der Waals surface area contributed by atoms with Crippen molar-refractivity contribution in [1.29, 1.82) is 0 Å². The van der Waals surface area contributed by atoms with E-state index in [9.17, 15) is 9.59 Å². The first-order chi connectivity index (χ1) is 13.5. The van der Waals surface area contributed by atoms with Gasteiger partial charge in [-0.2, -0.15) is 0 Å². The number of anilines is 2. The van der Waals surface area contributed by atoms with Crippen LogP contribution < -0.4 is 16.0 Å². The Morgan fingerprint density at radius 2 is 1.64 bits per heavy atom. The predicted molar refractivity (Wildman–Crippen MR) is 114 cm³/mol. The van der Waals surface area contributed by atoms with Crippen LogP contribution in [0.5, 0.6) is 0 Å². The summed E-state index contributed by atoms with van der Waals surface area (Å²) in [5, 5.41) is 9.20. The molecule has 0 saturated heterocycles. The van der Waals surface area contributed by atoms with Crippen molar-refractivity contribution >= 4 is 23.2 Å². The summed E-state index contributed by atoms with van der Waals surface area (Å²) in [4.78, 5) is 24.8. The first-order valence-electron chi connectivity index (χ1n) is 10.0. The minimum Gasteiger partial charge on any atom is -0.376 e. The Labute approximate surface area is 166 Å². The van der Waals surface area contributed by atoms with Gasteiger partial charge in [0.05, 0.1) is 6.54 Å².